The molecule has 3 rings (SSSR count). The third kappa shape index (κ3) is 11.1. The molecule has 2 unspecified atom stereocenters. The van der Waals surface area contributed by atoms with Crippen LogP contribution in [0.4, 0.5) is 10.5 Å². The number of aromatic hydroxyl groups is 1. The zero-order chi connectivity index (χ0) is 35.4. The molecule has 3 aromatic rings. The average Bonchev–Trinajstić information content (AvgIpc) is 3.00. The second kappa shape index (κ2) is 17.7. The van der Waals surface area contributed by atoms with Gasteiger partial charge in [0.05, 0.1) is 0 Å². The molecule has 0 aliphatic carbocycles. The number of anilines is 1. The molecule has 3 N–H and O–H groups in total. The standard InChI is InChI=1S/C40H55N3O5/c1-9-10-11-12-13-14-25-43(38(46)33(41-39(47)48-40(6,7)8)26-31-21-23-32(44)24-22-31)36(34-27(2)17-15-18-28(34)3)37(45)42-35-29(4)19-16-20-30(35)5/h15-24,33,36,44H,9-14,25-26H2,1-8H3,(H,41,47)(H,42,45). The number of unbranched alkanes of at least 4 members (excludes halogenated alkanes) is 5. The quantitative estimate of drug-likeness (QED) is 0.142. The van der Waals surface area contributed by atoms with E-state index in [1.807, 2.05) is 64.1 Å². The number of aryl methyl sites for hydroxylation is 4. The van der Waals surface area contributed by atoms with Crippen LogP contribution in [0, 0.1) is 27.7 Å². The van der Waals surface area contributed by atoms with Crippen molar-refractivity contribution in [3.8, 4) is 5.75 Å². The molecule has 260 valence electrons. The number of para-hydroxylation sites is 1. The number of hydrogen-bond acceptors (Lipinski definition) is 5. The van der Waals surface area contributed by atoms with Crippen LogP contribution < -0.4 is 10.6 Å². The number of carbonyl (C=O) groups is 3. The van der Waals surface area contributed by atoms with Crippen molar-refractivity contribution in [3.63, 3.8) is 0 Å². The number of phenols is 1. The summed E-state index contributed by atoms with van der Waals surface area (Å²) in [6, 6.07) is 16.3. The molecule has 0 aliphatic heterocycles. The molecule has 0 aliphatic rings. The monoisotopic (exact) mass is 657 g/mol. The molecule has 0 radical (unpaired) electrons. The lowest BCUT2D eigenvalue weighted by atomic mass is 9.92. The molecule has 0 saturated heterocycles. The van der Waals surface area contributed by atoms with E-state index in [2.05, 4.69) is 17.6 Å². The molecule has 8 nitrogen and oxygen atoms in total. The number of phenolic OH excluding ortho intramolecular Hbond substituents is 1. The highest BCUT2D eigenvalue weighted by Gasteiger charge is 2.38. The molecule has 0 fully saturated rings. The summed E-state index contributed by atoms with van der Waals surface area (Å²) in [4.78, 5) is 44.4. The number of carbonyl (C=O) groups excluding carboxylic acids is 3. The van der Waals surface area contributed by atoms with E-state index in [1.54, 1.807) is 49.9 Å². The van der Waals surface area contributed by atoms with E-state index < -0.39 is 23.8 Å². The molecule has 48 heavy (non-hydrogen) atoms. The Labute approximate surface area is 287 Å². The van der Waals surface area contributed by atoms with Gasteiger partial charge in [0.15, 0.2) is 0 Å². The van der Waals surface area contributed by atoms with Crippen LogP contribution in [0.25, 0.3) is 0 Å². The Balaban J connectivity index is 2.14. The predicted octanol–water partition coefficient (Wildman–Crippen LogP) is 8.63. The Morgan fingerprint density at radius 3 is 1.90 bits per heavy atom. The minimum Gasteiger partial charge on any atom is -0.508 e. The van der Waals surface area contributed by atoms with Crippen molar-refractivity contribution in [2.75, 3.05) is 11.9 Å². The fourth-order valence-electron chi connectivity index (χ4n) is 6.04. The number of alkyl carbamates (subject to hydrolysis) is 1. The summed E-state index contributed by atoms with van der Waals surface area (Å²) in [6.07, 6.45) is 5.46. The van der Waals surface area contributed by atoms with Gasteiger partial charge < -0.3 is 25.4 Å². The summed E-state index contributed by atoms with van der Waals surface area (Å²) in [5, 5.41) is 15.9. The number of ether oxygens (including phenoxy) is 1. The van der Waals surface area contributed by atoms with E-state index in [-0.39, 0.29) is 24.0 Å². The smallest absolute Gasteiger partial charge is 0.408 e. The number of benzene rings is 3. The molecule has 8 heteroatoms. The van der Waals surface area contributed by atoms with Crippen molar-refractivity contribution in [3.05, 3.63) is 94.0 Å². The summed E-state index contributed by atoms with van der Waals surface area (Å²) < 4.78 is 5.59. The van der Waals surface area contributed by atoms with Crippen molar-refractivity contribution in [2.24, 2.45) is 0 Å². The maximum Gasteiger partial charge on any atom is 0.408 e. The number of nitrogens with one attached hydrogen (secondary N) is 2. The van der Waals surface area contributed by atoms with Crippen molar-refractivity contribution in [1.82, 2.24) is 10.2 Å². The molecule has 0 bridgehead atoms. The van der Waals surface area contributed by atoms with Crippen LogP contribution in [0.5, 0.6) is 5.75 Å². The van der Waals surface area contributed by atoms with Crippen LogP contribution in [0.15, 0.2) is 60.7 Å². The van der Waals surface area contributed by atoms with E-state index in [0.717, 1.165) is 71.2 Å². The Hall–Kier alpha value is -4.33. The first-order chi connectivity index (χ1) is 22.7. The van der Waals surface area contributed by atoms with Crippen molar-refractivity contribution < 1.29 is 24.2 Å². The first-order valence-corrected chi connectivity index (χ1v) is 17.2. The minimum absolute atomic E-state index is 0.102. The van der Waals surface area contributed by atoms with Crippen molar-refractivity contribution in [2.45, 2.75) is 118 Å². The van der Waals surface area contributed by atoms with Gasteiger partial charge >= 0.3 is 6.09 Å². The molecule has 3 aromatic carbocycles. The van der Waals surface area contributed by atoms with E-state index in [9.17, 15) is 19.5 Å². The average molecular weight is 658 g/mol. The summed E-state index contributed by atoms with van der Waals surface area (Å²) >= 11 is 0. The number of rotatable bonds is 15. The molecule has 3 amide bonds. The van der Waals surface area contributed by atoms with E-state index in [4.69, 9.17) is 4.74 Å². The molecule has 0 heterocycles. The number of amides is 3. The Bertz CT molecular complexity index is 1490. The topological polar surface area (TPSA) is 108 Å². The zero-order valence-corrected chi connectivity index (χ0v) is 30.1. The molecule has 2 atom stereocenters. The highest BCUT2D eigenvalue weighted by atomic mass is 16.6. The van der Waals surface area contributed by atoms with Crippen LogP contribution >= 0.6 is 0 Å². The fourth-order valence-corrected chi connectivity index (χ4v) is 6.04. The summed E-state index contributed by atoms with van der Waals surface area (Å²) in [6.45, 7) is 15.6. The molecular weight excluding hydrogens is 602 g/mol. The fraction of sp³-hybridized carbons (Fsp3) is 0.475. The number of hydrogen-bond donors (Lipinski definition) is 3. The lowest BCUT2D eigenvalue weighted by Crippen LogP contribution is -2.53. The van der Waals surface area contributed by atoms with Gasteiger partial charge in [-0.15, -0.1) is 0 Å². The first-order valence-electron chi connectivity index (χ1n) is 17.2. The summed E-state index contributed by atoms with van der Waals surface area (Å²) in [5.41, 5.74) is 5.09. The molecule has 0 saturated carbocycles. The van der Waals surface area contributed by atoms with E-state index in [1.165, 1.54) is 0 Å². The Morgan fingerprint density at radius 1 is 0.792 bits per heavy atom. The zero-order valence-electron chi connectivity index (χ0n) is 30.1. The van der Waals surface area contributed by atoms with Gasteiger partial charge in [-0.25, -0.2) is 4.79 Å². The largest absolute Gasteiger partial charge is 0.508 e. The second-order valence-electron chi connectivity index (χ2n) is 13.8. The Morgan fingerprint density at radius 2 is 1.33 bits per heavy atom. The minimum atomic E-state index is -1.04. The lowest BCUT2D eigenvalue weighted by Gasteiger charge is -2.36. The van der Waals surface area contributed by atoms with Crippen LogP contribution in [-0.2, 0) is 20.7 Å². The summed E-state index contributed by atoms with van der Waals surface area (Å²) in [7, 11) is 0. The number of nitrogens with zero attached hydrogens (tertiary/aromatic N) is 1. The van der Waals surface area contributed by atoms with Gasteiger partial charge in [0.1, 0.15) is 23.4 Å². The Kier molecular flexibility index (Phi) is 14.1. The molecular formula is C40H55N3O5. The SMILES string of the molecule is CCCCCCCCN(C(=O)C(Cc1ccc(O)cc1)NC(=O)OC(C)(C)C)C(C(=O)Nc1c(C)cccc1C)c1c(C)cccc1C. The van der Waals surface area contributed by atoms with Gasteiger partial charge in [-0.1, -0.05) is 87.6 Å². The third-order valence-corrected chi connectivity index (χ3v) is 8.51. The van der Waals surface area contributed by atoms with Crippen molar-refractivity contribution in [1.29, 1.82) is 0 Å². The van der Waals surface area contributed by atoms with Gasteiger partial charge in [-0.05, 0) is 100 Å². The molecule has 0 aromatic heterocycles. The lowest BCUT2D eigenvalue weighted by molar-refractivity contribution is -0.141. The van der Waals surface area contributed by atoms with Crippen molar-refractivity contribution >= 4 is 23.6 Å². The highest BCUT2D eigenvalue weighted by molar-refractivity contribution is 6.00. The van der Waals surface area contributed by atoms with Crippen LogP contribution in [0.2, 0.25) is 0 Å². The maximum atomic E-state index is 14.9. The van der Waals surface area contributed by atoms with E-state index >= 15 is 0 Å². The normalized spacial score (nSPS) is 12.6. The van der Waals surface area contributed by atoms with Crippen LogP contribution in [0.1, 0.15) is 106 Å². The molecule has 0 spiro atoms. The van der Waals surface area contributed by atoms with E-state index in [0.29, 0.717) is 13.0 Å². The van der Waals surface area contributed by atoms with Gasteiger partial charge in [0, 0.05) is 18.7 Å². The highest BCUT2D eigenvalue weighted by Crippen LogP contribution is 2.32. The van der Waals surface area contributed by atoms with Crippen LogP contribution in [-0.4, -0.2) is 46.1 Å². The van der Waals surface area contributed by atoms with Gasteiger partial charge in [0.25, 0.3) is 5.91 Å². The maximum absolute atomic E-state index is 14.9. The predicted molar refractivity (Wildman–Crippen MR) is 193 cm³/mol. The van der Waals surface area contributed by atoms with Gasteiger partial charge in [-0.3, -0.25) is 9.59 Å². The first kappa shape index (κ1) is 38.1. The van der Waals surface area contributed by atoms with Gasteiger partial charge in [-0.2, -0.15) is 0 Å². The van der Waals surface area contributed by atoms with Crippen LogP contribution in [0.3, 0.4) is 0 Å². The summed E-state index contributed by atoms with van der Waals surface area (Å²) in [5.74, 6) is -0.596. The van der Waals surface area contributed by atoms with Gasteiger partial charge in [0.2, 0.25) is 5.91 Å². The third-order valence-electron chi connectivity index (χ3n) is 8.51. The second-order valence-corrected chi connectivity index (χ2v) is 13.8.